The molecule has 0 aromatic carbocycles. The number of nitrogens with zero attached hydrogens (tertiary/aromatic N) is 1. The molecule has 1 aromatic rings. The molecule has 0 saturated heterocycles. The Kier molecular flexibility index (Phi) is 3.97. The Morgan fingerprint density at radius 3 is 2.72 bits per heavy atom. The number of hydrogen-bond donors (Lipinski definition) is 1. The Morgan fingerprint density at radius 1 is 1.33 bits per heavy atom. The maximum Gasteiger partial charge on any atom is 0.103 e. The van der Waals surface area contributed by atoms with Gasteiger partial charge in [0.25, 0.3) is 0 Å². The van der Waals surface area contributed by atoms with E-state index >= 15 is 0 Å². The molecule has 0 amide bonds. The summed E-state index contributed by atoms with van der Waals surface area (Å²) in [5, 5.41) is 5.67. The average molecular weight is 282 g/mol. The Morgan fingerprint density at radius 2 is 2.11 bits per heavy atom. The summed E-state index contributed by atoms with van der Waals surface area (Å²) in [6.45, 7) is 5.58. The van der Waals surface area contributed by atoms with E-state index in [9.17, 15) is 0 Å². The molecule has 1 aromatic heterocycles. The number of aromatic nitrogens is 1. The second kappa shape index (κ2) is 5.51. The summed E-state index contributed by atoms with van der Waals surface area (Å²) in [6, 6.07) is 0.799. The van der Waals surface area contributed by atoms with Crippen molar-refractivity contribution in [1.82, 2.24) is 10.3 Å². The van der Waals surface area contributed by atoms with Crippen LogP contribution >= 0.6 is 23.1 Å². The van der Waals surface area contributed by atoms with Gasteiger partial charge < -0.3 is 5.32 Å². The van der Waals surface area contributed by atoms with Crippen LogP contribution in [0.5, 0.6) is 0 Å². The topological polar surface area (TPSA) is 24.9 Å². The third-order valence-electron chi connectivity index (χ3n) is 3.40. The van der Waals surface area contributed by atoms with Crippen LogP contribution in [-0.4, -0.2) is 16.3 Å². The predicted molar refractivity (Wildman–Crippen MR) is 80.4 cm³/mol. The van der Waals surface area contributed by atoms with Gasteiger partial charge in [-0.15, -0.1) is 11.3 Å². The van der Waals surface area contributed by atoms with Crippen LogP contribution < -0.4 is 5.32 Å². The molecule has 100 valence electrons. The molecule has 3 rings (SSSR count). The molecule has 2 nitrogen and oxygen atoms in total. The van der Waals surface area contributed by atoms with E-state index in [1.54, 1.807) is 0 Å². The molecule has 0 spiro atoms. The van der Waals surface area contributed by atoms with Gasteiger partial charge in [0.2, 0.25) is 0 Å². The molecule has 4 heteroatoms. The van der Waals surface area contributed by atoms with Gasteiger partial charge in [-0.1, -0.05) is 13.8 Å². The van der Waals surface area contributed by atoms with Gasteiger partial charge in [-0.05, 0) is 30.9 Å². The van der Waals surface area contributed by atoms with Crippen LogP contribution in [0, 0.1) is 0 Å². The zero-order chi connectivity index (χ0) is 12.5. The third-order valence-corrected chi connectivity index (χ3v) is 5.77. The number of nitrogens with one attached hydrogen (secondary N) is 1. The SMILES string of the molecule is CC(C)SCc1nc(C2CC2)c(CNC2CC2)s1. The van der Waals surface area contributed by atoms with E-state index < -0.39 is 0 Å². The summed E-state index contributed by atoms with van der Waals surface area (Å²) in [5.41, 5.74) is 1.42. The fourth-order valence-corrected chi connectivity index (χ4v) is 3.92. The van der Waals surface area contributed by atoms with E-state index in [2.05, 4.69) is 19.2 Å². The zero-order valence-corrected chi connectivity index (χ0v) is 12.9. The first-order valence-corrected chi connectivity index (χ1v) is 8.92. The zero-order valence-electron chi connectivity index (χ0n) is 11.2. The van der Waals surface area contributed by atoms with Gasteiger partial charge in [-0.2, -0.15) is 11.8 Å². The molecule has 0 radical (unpaired) electrons. The van der Waals surface area contributed by atoms with Gasteiger partial charge in [-0.3, -0.25) is 0 Å². The molecule has 1 heterocycles. The monoisotopic (exact) mass is 282 g/mol. The maximum atomic E-state index is 4.90. The highest BCUT2D eigenvalue weighted by Crippen LogP contribution is 2.43. The molecule has 2 aliphatic carbocycles. The first-order chi connectivity index (χ1) is 8.72. The molecule has 0 bridgehead atoms. The minimum atomic E-state index is 0.700. The quantitative estimate of drug-likeness (QED) is 0.820. The Labute approximate surface area is 118 Å². The number of thioether (sulfide) groups is 1. The van der Waals surface area contributed by atoms with E-state index in [0.717, 1.165) is 24.3 Å². The highest BCUT2D eigenvalue weighted by atomic mass is 32.2. The van der Waals surface area contributed by atoms with Crippen molar-refractivity contribution >= 4 is 23.1 Å². The van der Waals surface area contributed by atoms with Crippen molar-refractivity contribution < 1.29 is 0 Å². The Hall–Kier alpha value is -0.0600. The van der Waals surface area contributed by atoms with Crippen molar-refractivity contribution in [3.8, 4) is 0 Å². The largest absolute Gasteiger partial charge is 0.309 e. The molecular formula is C14H22N2S2. The van der Waals surface area contributed by atoms with E-state index in [1.807, 2.05) is 23.1 Å². The third kappa shape index (κ3) is 3.49. The summed E-state index contributed by atoms with van der Waals surface area (Å²) < 4.78 is 0. The average Bonchev–Trinajstić information content (AvgIpc) is 3.23. The lowest BCUT2D eigenvalue weighted by Crippen LogP contribution is -2.15. The van der Waals surface area contributed by atoms with Crippen LogP contribution in [0.3, 0.4) is 0 Å². The minimum Gasteiger partial charge on any atom is -0.309 e. The summed E-state index contributed by atoms with van der Waals surface area (Å²) >= 11 is 3.95. The molecule has 2 fully saturated rings. The van der Waals surface area contributed by atoms with Crippen LogP contribution in [-0.2, 0) is 12.3 Å². The fraction of sp³-hybridized carbons (Fsp3) is 0.786. The van der Waals surface area contributed by atoms with Crippen LogP contribution in [0.4, 0.5) is 0 Å². The highest BCUT2D eigenvalue weighted by molar-refractivity contribution is 7.99. The van der Waals surface area contributed by atoms with E-state index in [-0.39, 0.29) is 0 Å². The first kappa shape index (κ1) is 12.9. The lowest BCUT2D eigenvalue weighted by molar-refractivity contribution is 0.688. The lowest BCUT2D eigenvalue weighted by Gasteiger charge is -2.01. The van der Waals surface area contributed by atoms with Crippen molar-refractivity contribution in [2.75, 3.05) is 0 Å². The Bertz CT molecular complexity index is 406. The van der Waals surface area contributed by atoms with Crippen molar-refractivity contribution in [3.63, 3.8) is 0 Å². The summed E-state index contributed by atoms with van der Waals surface area (Å²) in [6.07, 6.45) is 5.45. The predicted octanol–water partition coefficient (Wildman–Crippen LogP) is 3.91. The van der Waals surface area contributed by atoms with Crippen LogP contribution in [0.1, 0.15) is 61.0 Å². The highest BCUT2D eigenvalue weighted by Gasteiger charge is 2.30. The van der Waals surface area contributed by atoms with Gasteiger partial charge in [0, 0.05) is 29.1 Å². The number of rotatable bonds is 7. The van der Waals surface area contributed by atoms with Crippen molar-refractivity contribution in [1.29, 1.82) is 0 Å². The standard InChI is InChI=1S/C14H22N2S2/c1-9(2)17-8-13-16-14(10-3-4-10)12(18-13)7-15-11-5-6-11/h9-11,15H,3-8H2,1-2H3. The Balaban J connectivity index is 1.64. The maximum absolute atomic E-state index is 4.90. The number of thiazole rings is 1. The summed E-state index contributed by atoms with van der Waals surface area (Å²) in [5.74, 6) is 1.88. The second-order valence-corrected chi connectivity index (χ2v) is 8.44. The molecule has 0 unspecified atom stereocenters. The summed E-state index contributed by atoms with van der Waals surface area (Å²) in [7, 11) is 0. The van der Waals surface area contributed by atoms with Crippen molar-refractivity contribution in [3.05, 3.63) is 15.6 Å². The van der Waals surface area contributed by atoms with Crippen molar-refractivity contribution in [2.24, 2.45) is 0 Å². The lowest BCUT2D eigenvalue weighted by atomic mass is 10.2. The smallest absolute Gasteiger partial charge is 0.103 e. The molecule has 18 heavy (non-hydrogen) atoms. The van der Waals surface area contributed by atoms with Gasteiger partial charge in [-0.25, -0.2) is 4.98 Å². The normalized spacial score (nSPS) is 19.7. The number of hydrogen-bond acceptors (Lipinski definition) is 4. The van der Waals surface area contributed by atoms with E-state index in [0.29, 0.717) is 5.25 Å². The molecule has 1 N–H and O–H groups in total. The molecule has 0 aliphatic heterocycles. The van der Waals surface area contributed by atoms with Crippen LogP contribution in [0.15, 0.2) is 0 Å². The van der Waals surface area contributed by atoms with Crippen molar-refractivity contribution in [2.45, 2.75) is 69.0 Å². The van der Waals surface area contributed by atoms with Gasteiger partial charge in [0.05, 0.1) is 5.69 Å². The van der Waals surface area contributed by atoms with Crippen LogP contribution in [0.25, 0.3) is 0 Å². The molecular weight excluding hydrogens is 260 g/mol. The van der Waals surface area contributed by atoms with E-state index in [4.69, 9.17) is 4.98 Å². The van der Waals surface area contributed by atoms with Gasteiger partial charge >= 0.3 is 0 Å². The fourth-order valence-electron chi connectivity index (χ4n) is 2.04. The second-order valence-electron chi connectivity index (χ2n) is 5.71. The molecule has 0 atom stereocenters. The molecule has 2 saturated carbocycles. The van der Waals surface area contributed by atoms with Gasteiger partial charge in [0.1, 0.15) is 5.01 Å². The minimum absolute atomic E-state index is 0.700. The summed E-state index contributed by atoms with van der Waals surface area (Å²) in [4.78, 5) is 6.42. The van der Waals surface area contributed by atoms with Gasteiger partial charge in [0.15, 0.2) is 0 Å². The molecule has 2 aliphatic rings. The first-order valence-electron chi connectivity index (χ1n) is 7.06. The van der Waals surface area contributed by atoms with E-state index in [1.165, 1.54) is 41.3 Å². The van der Waals surface area contributed by atoms with Crippen LogP contribution in [0.2, 0.25) is 0 Å².